The van der Waals surface area contributed by atoms with E-state index in [4.69, 9.17) is 5.11 Å². The molecule has 21 heavy (non-hydrogen) atoms. The lowest BCUT2D eigenvalue weighted by molar-refractivity contribution is -0.137. The summed E-state index contributed by atoms with van der Waals surface area (Å²) in [6.07, 6.45) is 0.541. The van der Waals surface area contributed by atoms with E-state index in [9.17, 15) is 9.59 Å². The molecule has 0 unspecified atom stereocenters. The summed E-state index contributed by atoms with van der Waals surface area (Å²) in [7, 11) is 0. The van der Waals surface area contributed by atoms with Crippen molar-refractivity contribution in [2.75, 3.05) is 24.5 Å². The number of carbonyl (C=O) groups is 2. The van der Waals surface area contributed by atoms with E-state index in [0.29, 0.717) is 25.4 Å². The Morgan fingerprint density at radius 2 is 2.00 bits per heavy atom. The summed E-state index contributed by atoms with van der Waals surface area (Å²) in [6, 6.07) is 9.48. The second kappa shape index (κ2) is 7.22. The molecule has 1 fully saturated rings. The van der Waals surface area contributed by atoms with E-state index in [0.717, 1.165) is 12.2 Å². The number of hydrogen-bond donors (Lipinski definition) is 2. The number of rotatable bonds is 6. The second-order valence-corrected chi connectivity index (χ2v) is 5.56. The molecule has 2 atom stereocenters. The first kappa shape index (κ1) is 15.5. The molecule has 114 valence electrons. The predicted molar refractivity (Wildman–Crippen MR) is 81.2 cm³/mol. The predicted octanol–water partition coefficient (Wildman–Crippen LogP) is 1.74. The van der Waals surface area contributed by atoms with Gasteiger partial charge in [0.1, 0.15) is 0 Å². The van der Waals surface area contributed by atoms with E-state index in [1.54, 1.807) is 4.90 Å². The SMILES string of the molecule is C[C@@H]1CNC[C@H]1C(=O)N(CCCC(=O)O)c1ccccc1. The number of amides is 1. The van der Waals surface area contributed by atoms with Gasteiger partial charge in [0.25, 0.3) is 0 Å². The molecule has 1 heterocycles. The minimum absolute atomic E-state index is 0.0324. The van der Waals surface area contributed by atoms with Gasteiger partial charge in [-0.3, -0.25) is 9.59 Å². The molecule has 0 spiro atoms. The summed E-state index contributed by atoms with van der Waals surface area (Å²) in [6.45, 7) is 4.07. The first-order valence-corrected chi connectivity index (χ1v) is 7.38. The van der Waals surface area contributed by atoms with Gasteiger partial charge < -0.3 is 15.3 Å². The lowest BCUT2D eigenvalue weighted by atomic mass is 9.96. The van der Waals surface area contributed by atoms with Gasteiger partial charge in [0, 0.05) is 25.2 Å². The lowest BCUT2D eigenvalue weighted by Gasteiger charge is -2.27. The van der Waals surface area contributed by atoms with Crippen LogP contribution in [-0.2, 0) is 9.59 Å². The first-order valence-electron chi connectivity index (χ1n) is 7.38. The average Bonchev–Trinajstić information content (AvgIpc) is 2.90. The maximum absolute atomic E-state index is 12.8. The molecule has 1 aromatic carbocycles. The number of benzene rings is 1. The normalized spacial score (nSPS) is 21.2. The zero-order valence-electron chi connectivity index (χ0n) is 12.3. The fourth-order valence-corrected chi connectivity index (χ4v) is 2.70. The van der Waals surface area contributed by atoms with Gasteiger partial charge in [-0.15, -0.1) is 0 Å². The van der Waals surface area contributed by atoms with Crippen LogP contribution in [0.1, 0.15) is 19.8 Å². The van der Waals surface area contributed by atoms with Crippen LogP contribution in [0.3, 0.4) is 0 Å². The Morgan fingerprint density at radius 3 is 2.57 bits per heavy atom. The molecule has 2 rings (SSSR count). The fraction of sp³-hybridized carbons (Fsp3) is 0.500. The molecule has 5 nitrogen and oxygen atoms in total. The van der Waals surface area contributed by atoms with Crippen molar-refractivity contribution in [3.8, 4) is 0 Å². The summed E-state index contributed by atoms with van der Waals surface area (Å²) in [5, 5.41) is 12.0. The smallest absolute Gasteiger partial charge is 0.303 e. The molecule has 0 aromatic heterocycles. The summed E-state index contributed by atoms with van der Waals surface area (Å²) < 4.78 is 0. The summed E-state index contributed by atoms with van der Waals surface area (Å²) in [5.74, 6) is -0.464. The standard InChI is InChI=1S/C16H22N2O3/c1-12-10-17-11-14(12)16(21)18(9-5-8-15(19)20)13-6-3-2-4-7-13/h2-4,6-7,12,14,17H,5,8-11H2,1H3,(H,19,20)/t12-,14-/m1/s1. The van der Waals surface area contributed by atoms with Gasteiger partial charge in [0.05, 0.1) is 5.92 Å². The van der Waals surface area contributed by atoms with Crippen molar-refractivity contribution in [3.63, 3.8) is 0 Å². The van der Waals surface area contributed by atoms with E-state index >= 15 is 0 Å². The zero-order valence-corrected chi connectivity index (χ0v) is 12.3. The van der Waals surface area contributed by atoms with Crippen LogP contribution < -0.4 is 10.2 Å². The molecule has 1 amide bonds. The number of nitrogens with one attached hydrogen (secondary N) is 1. The molecular weight excluding hydrogens is 268 g/mol. The van der Waals surface area contributed by atoms with Gasteiger partial charge in [-0.1, -0.05) is 25.1 Å². The molecule has 1 aromatic rings. The van der Waals surface area contributed by atoms with E-state index < -0.39 is 5.97 Å². The summed E-state index contributed by atoms with van der Waals surface area (Å²) in [5.41, 5.74) is 0.840. The van der Waals surface area contributed by atoms with Crippen molar-refractivity contribution in [1.29, 1.82) is 0 Å². The van der Waals surface area contributed by atoms with E-state index in [1.807, 2.05) is 30.3 Å². The number of nitrogens with zero attached hydrogens (tertiary/aromatic N) is 1. The van der Waals surface area contributed by atoms with Gasteiger partial charge in [-0.05, 0) is 31.0 Å². The van der Waals surface area contributed by atoms with Crippen LogP contribution in [0, 0.1) is 11.8 Å². The van der Waals surface area contributed by atoms with Crippen LogP contribution >= 0.6 is 0 Å². The number of aliphatic carboxylic acids is 1. The van der Waals surface area contributed by atoms with E-state index in [-0.39, 0.29) is 18.2 Å². The van der Waals surface area contributed by atoms with Crippen LogP contribution in [0.4, 0.5) is 5.69 Å². The molecule has 1 saturated heterocycles. The first-order chi connectivity index (χ1) is 10.1. The number of para-hydroxylation sites is 1. The quantitative estimate of drug-likeness (QED) is 0.837. The maximum Gasteiger partial charge on any atom is 0.303 e. The minimum Gasteiger partial charge on any atom is -0.481 e. The highest BCUT2D eigenvalue weighted by Gasteiger charge is 2.33. The molecule has 0 bridgehead atoms. The maximum atomic E-state index is 12.8. The summed E-state index contributed by atoms with van der Waals surface area (Å²) >= 11 is 0. The fourth-order valence-electron chi connectivity index (χ4n) is 2.70. The highest BCUT2D eigenvalue weighted by molar-refractivity contribution is 5.95. The molecular formula is C16H22N2O3. The van der Waals surface area contributed by atoms with E-state index in [1.165, 1.54) is 0 Å². The van der Waals surface area contributed by atoms with Crippen molar-refractivity contribution in [2.45, 2.75) is 19.8 Å². The topological polar surface area (TPSA) is 69.6 Å². The Labute approximate surface area is 125 Å². The van der Waals surface area contributed by atoms with Crippen LogP contribution in [0.5, 0.6) is 0 Å². The molecule has 0 radical (unpaired) electrons. The second-order valence-electron chi connectivity index (χ2n) is 5.56. The third-order valence-electron chi connectivity index (χ3n) is 3.94. The third kappa shape index (κ3) is 4.04. The Kier molecular flexibility index (Phi) is 5.33. The van der Waals surface area contributed by atoms with Crippen LogP contribution in [0.25, 0.3) is 0 Å². The largest absolute Gasteiger partial charge is 0.481 e. The summed E-state index contributed by atoms with van der Waals surface area (Å²) in [4.78, 5) is 25.2. The molecule has 0 saturated carbocycles. The monoisotopic (exact) mass is 290 g/mol. The Balaban J connectivity index is 2.11. The minimum atomic E-state index is -0.827. The number of carbonyl (C=O) groups excluding carboxylic acids is 1. The molecule has 2 N–H and O–H groups in total. The van der Waals surface area contributed by atoms with Gasteiger partial charge >= 0.3 is 5.97 Å². The van der Waals surface area contributed by atoms with Crippen molar-refractivity contribution < 1.29 is 14.7 Å². The third-order valence-corrected chi connectivity index (χ3v) is 3.94. The van der Waals surface area contributed by atoms with Crippen LogP contribution in [-0.4, -0.2) is 36.6 Å². The van der Waals surface area contributed by atoms with Crippen LogP contribution in [0.15, 0.2) is 30.3 Å². The zero-order chi connectivity index (χ0) is 15.2. The molecule has 1 aliphatic rings. The molecule has 5 heteroatoms. The molecule has 0 aliphatic carbocycles. The lowest BCUT2D eigenvalue weighted by Crippen LogP contribution is -2.39. The van der Waals surface area contributed by atoms with Crippen LogP contribution in [0.2, 0.25) is 0 Å². The van der Waals surface area contributed by atoms with Gasteiger partial charge in [0.15, 0.2) is 0 Å². The van der Waals surface area contributed by atoms with Gasteiger partial charge in [-0.2, -0.15) is 0 Å². The highest BCUT2D eigenvalue weighted by Crippen LogP contribution is 2.23. The average molecular weight is 290 g/mol. The van der Waals surface area contributed by atoms with Crippen molar-refractivity contribution in [3.05, 3.63) is 30.3 Å². The van der Waals surface area contributed by atoms with E-state index in [2.05, 4.69) is 12.2 Å². The van der Waals surface area contributed by atoms with Gasteiger partial charge in [0.2, 0.25) is 5.91 Å². The van der Waals surface area contributed by atoms with Crippen molar-refractivity contribution in [1.82, 2.24) is 5.32 Å². The highest BCUT2D eigenvalue weighted by atomic mass is 16.4. The Bertz CT molecular complexity index is 490. The Morgan fingerprint density at radius 1 is 1.29 bits per heavy atom. The Hall–Kier alpha value is -1.88. The number of anilines is 1. The number of hydrogen-bond acceptors (Lipinski definition) is 3. The van der Waals surface area contributed by atoms with Crippen molar-refractivity contribution >= 4 is 17.6 Å². The van der Waals surface area contributed by atoms with Crippen molar-refractivity contribution in [2.24, 2.45) is 11.8 Å². The number of carboxylic acid groups (broad SMARTS) is 1. The van der Waals surface area contributed by atoms with Gasteiger partial charge in [-0.25, -0.2) is 0 Å². The molecule has 1 aliphatic heterocycles. The number of carboxylic acids is 1.